The second kappa shape index (κ2) is 6.30. The van der Waals surface area contributed by atoms with Crippen LogP contribution in [0.25, 0.3) is 0 Å². The van der Waals surface area contributed by atoms with Crippen LogP contribution >= 0.6 is 15.9 Å². The van der Waals surface area contributed by atoms with Crippen molar-refractivity contribution in [3.8, 4) is 0 Å². The molecule has 2 rings (SSSR count). The summed E-state index contributed by atoms with van der Waals surface area (Å²) in [6, 6.07) is 8.01. The fraction of sp³-hybridized carbons (Fsp3) is 0.429. The van der Waals surface area contributed by atoms with Gasteiger partial charge in [-0.05, 0) is 24.1 Å². The minimum Gasteiger partial charge on any atom is -0.392 e. The van der Waals surface area contributed by atoms with E-state index in [0.29, 0.717) is 24.6 Å². The predicted octanol–water partition coefficient (Wildman–Crippen LogP) is 3.30. The highest BCUT2D eigenvalue weighted by Crippen LogP contribution is 2.20. The molecule has 0 aliphatic rings. The Hall–Kier alpha value is -1.20. The Balaban J connectivity index is 2.07. The molecule has 4 nitrogen and oxygen atoms in total. The molecule has 0 fully saturated rings. The summed E-state index contributed by atoms with van der Waals surface area (Å²) in [5, 5.41) is 13.7. The SMILES string of the molecule is CCC(O)C(C)c1nc(Cc2ccc(Br)cc2)no1. The maximum absolute atomic E-state index is 9.78. The summed E-state index contributed by atoms with van der Waals surface area (Å²) >= 11 is 3.40. The Bertz CT molecular complexity index is 524. The smallest absolute Gasteiger partial charge is 0.232 e. The highest BCUT2D eigenvalue weighted by atomic mass is 79.9. The van der Waals surface area contributed by atoms with Gasteiger partial charge in [0.1, 0.15) is 0 Å². The summed E-state index contributed by atoms with van der Waals surface area (Å²) in [4.78, 5) is 4.35. The second-order valence-electron chi connectivity index (χ2n) is 4.62. The summed E-state index contributed by atoms with van der Waals surface area (Å²) in [6.07, 6.45) is 0.859. The molecule has 2 aromatic rings. The second-order valence-corrected chi connectivity index (χ2v) is 5.53. The topological polar surface area (TPSA) is 59.2 Å². The Morgan fingerprint density at radius 1 is 1.32 bits per heavy atom. The van der Waals surface area contributed by atoms with Crippen molar-refractivity contribution in [1.29, 1.82) is 0 Å². The number of halogens is 1. The molecule has 0 amide bonds. The van der Waals surface area contributed by atoms with Gasteiger partial charge in [-0.1, -0.05) is 47.1 Å². The number of benzene rings is 1. The first-order chi connectivity index (χ1) is 9.10. The molecule has 0 saturated carbocycles. The molecule has 0 bridgehead atoms. The van der Waals surface area contributed by atoms with Gasteiger partial charge in [-0.15, -0.1) is 0 Å². The van der Waals surface area contributed by atoms with E-state index in [0.717, 1.165) is 10.0 Å². The molecule has 0 aliphatic carbocycles. The molecule has 1 aromatic heterocycles. The lowest BCUT2D eigenvalue weighted by molar-refractivity contribution is 0.129. The number of aliphatic hydroxyl groups excluding tert-OH is 1. The lowest BCUT2D eigenvalue weighted by Crippen LogP contribution is -2.14. The molecule has 0 spiro atoms. The van der Waals surface area contributed by atoms with Gasteiger partial charge in [-0.25, -0.2) is 0 Å². The number of hydrogen-bond donors (Lipinski definition) is 1. The number of aliphatic hydroxyl groups is 1. The normalized spacial score (nSPS) is 14.3. The van der Waals surface area contributed by atoms with E-state index in [1.807, 2.05) is 38.1 Å². The third kappa shape index (κ3) is 3.64. The molecule has 2 atom stereocenters. The molecule has 0 aliphatic heterocycles. The average molecular weight is 325 g/mol. The molecule has 102 valence electrons. The quantitative estimate of drug-likeness (QED) is 0.916. The van der Waals surface area contributed by atoms with Crippen molar-refractivity contribution in [3.63, 3.8) is 0 Å². The fourth-order valence-electron chi connectivity index (χ4n) is 1.83. The first kappa shape index (κ1) is 14.2. The molecule has 1 N–H and O–H groups in total. The van der Waals surface area contributed by atoms with E-state index in [9.17, 15) is 5.11 Å². The Morgan fingerprint density at radius 3 is 2.63 bits per heavy atom. The van der Waals surface area contributed by atoms with E-state index in [2.05, 4.69) is 26.1 Å². The van der Waals surface area contributed by atoms with Crippen molar-refractivity contribution < 1.29 is 9.63 Å². The Labute approximate surface area is 121 Å². The molecule has 1 aromatic carbocycles. The van der Waals surface area contributed by atoms with Gasteiger partial charge in [0, 0.05) is 10.9 Å². The van der Waals surface area contributed by atoms with Gasteiger partial charge in [-0.3, -0.25) is 0 Å². The molecule has 1 heterocycles. The standard InChI is InChI=1S/C14H17BrN2O2/c1-3-12(18)9(2)14-16-13(17-19-14)8-10-4-6-11(15)7-5-10/h4-7,9,12,18H,3,8H2,1-2H3. The summed E-state index contributed by atoms with van der Waals surface area (Å²) in [7, 11) is 0. The van der Waals surface area contributed by atoms with Gasteiger partial charge in [-0.2, -0.15) is 4.98 Å². The van der Waals surface area contributed by atoms with E-state index in [4.69, 9.17) is 4.52 Å². The van der Waals surface area contributed by atoms with Crippen LogP contribution in [0.2, 0.25) is 0 Å². The first-order valence-electron chi connectivity index (χ1n) is 6.35. The molecular weight excluding hydrogens is 308 g/mol. The number of rotatable bonds is 5. The number of nitrogens with zero attached hydrogens (tertiary/aromatic N) is 2. The third-order valence-electron chi connectivity index (χ3n) is 3.14. The van der Waals surface area contributed by atoms with Crippen LogP contribution in [0.3, 0.4) is 0 Å². The summed E-state index contributed by atoms with van der Waals surface area (Å²) in [6.45, 7) is 3.82. The van der Waals surface area contributed by atoms with Crippen LogP contribution in [-0.2, 0) is 6.42 Å². The number of hydrogen-bond acceptors (Lipinski definition) is 4. The summed E-state index contributed by atoms with van der Waals surface area (Å²) in [5.74, 6) is 1.02. The summed E-state index contributed by atoms with van der Waals surface area (Å²) in [5.41, 5.74) is 1.12. The highest BCUT2D eigenvalue weighted by Gasteiger charge is 2.20. The third-order valence-corrected chi connectivity index (χ3v) is 3.67. The van der Waals surface area contributed by atoms with E-state index < -0.39 is 6.10 Å². The van der Waals surface area contributed by atoms with Crippen molar-refractivity contribution in [1.82, 2.24) is 10.1 Å². The van der Waals surface area contributed by atoms with Crippen LogP contribution < -0.4 is 0 Å². The van der Waals surface area contributed by atoms with Crippen LogP contribution in [0.15, 0.2) is 33.3 Å². The maximum atomic E-state index is 9.78. The zero-order valence-corrected chi connectivity index (χ0v) is 12.6. The van der Waals surface area contributed by atoms with Crippen LogP contribution in [0.5, 0.6) is 0 Å². The van der Waals surface area contributed by atoms with Crippen molar-refractivity contribution in [2.24, 2.45) is 0 Å². The highest BCUT2D eigenvalue weighted by molar-refractivity contribution is 9.10. The molecule has 0 saturated heterocycles. The van der Waals surface area contributed by atoms with E-state index in [-0.39, 0.29) is 5.92 Å². The fourth-order valence-corrected chi connectivity index (χ4v) is 2.09. The number of aromatic nitrogens is 2. The molecule has 2 unspecified atom stereocenters. The van der Waals surface area contributed by atoms with Crippen LogP contribution in [-0.4, -0.2) is 21.4 Å². The van der Waals surface area contributed by atoms with Crippen molar-refractivity contribution >= 4 is 15.9 Å². The average Bonchev–Trinajstić information content (AvgIpc) is 2.88. The predicted molar refractivity (Wildman–Crippen MR) is 76.0 cm³/mol. The van der Waals surface area contributed by atoms with Gasteiger partial charge >= 0.3 is 0 Å². The zero-order valence-electron chi connectivity index (χ0n) is 11.0. The van der Waals surface area contributed by atoms with Crippen molar-refractivity contribution in [3.05, 3.63) is 46.0 Å². The minimum atomic E-state index is -0.444. The van der Waals surface area contributed by atoms with E-state index >= 15 is 0 Å². The molecule has 19 heavy (non-hydrogen) atoms. The lowest BCUT2D eigenvalue weighted by atomic mass is 10.0. The Morgan fingerprint density at radius 2 is 2.00 bits per heavy atom. The Kier molecular flexibility index (Phi) is 4.71. The molecule has 0 radical (unpaired) electrons. The molecule has 5 heteroatoms. The minimum absolute atomic E-state index is 0.129. The van der Waals surface area contributed by atoms with Crippen molar-refractivity contribution in [2.45, 2.75) is 38.7 Å². The van der Waals surface area contributed by atoms with Crippen LogP contribution in [0.1, 0.15) is 43.5 Å². The van der Waals surface area contributed by atoms with Crippen LogP contribution in [0, 0.1) is 0 Å². The van der Waals surface area contributed by atoms with Gasteiger partial charge in [0.25, 0.3) is 0 Å². The van der Waals surface area contributed by atoms with Crippen LogP contribution in [0.4, 0.5) is 0 Å². The largest absolute Gasteiger partial charge is 0.392 e. The molecular formula is C14H17BrN2O2. The lowest BCUT2D eigenvalue weighted by Gasteiger charge is -2.11. The monoisotopic (exact) mass is 324 g/mol. The maximum Gasteiger partial charge on any atom is 0.232 e. The van der Waals surface area contributed by atoms with Gasteiger partial charge in [0.2, 0.25) is 5.89 Å². The van der Waals surface area contributed by atoms with Gasteiger partial charge in [0.15, 0.2) is 5.82 Å². The van der Waals surface area contributed by atoms with E-state index in [1.165, 1.54) is 0 Å². The summed E-state index contributed by atoms with van der Waals surface area (Å²) < 4.78 is 6.26. The van der Waals surface area contributed by atoms with E-state index in [1.54, 1.807) is 0 Å². The van der Waals surface area contributed by atoms with Crippen molar-refractivity contribution in [2.75, 3.05) is 0 Å². The van der Waals surface area contributed by atoms with Gasteiger partial charge < -0.3 is 9.63 Å². The zero-order chi connectivity index (χ0) is 13.8. The first-order valence-corrected chi connectivity index (χ1v) is 7.14. The van der Waals surface area contributed by atoms with Gasteiger partial charge in [0.05, 0.1) is 12.0 Å².